The highest BCUT2D eigenvalue weighted by Gasteiger charge is 2.23. The number of sulfone groups is 1. The lowest BCUT2D eigenvalue weighted by molar-refractivity contribution is 0.240. The Bertz CT molecular complexity index is 1110. The molecule has 0 radical (unpaired) electrons. The Morgan fingerprint density at radius 3 is 2.40 bits per heavy atom. The molecule has 3 aromatic rings. The molecule has 1 aliphatic rings. The molecule has 1 aliphatic heterocycles. The fourth-order valence-electron chi connectivity index (χ4n) is 3.47. The first-order valence-electron chi connectivity index (χ1n) is 9.69. The predicted octanol–water partition coefficient (Wildman–Crippen LogP) is 1.87. The van der Waals surface area contributed by atoms with Crippen LogP contribution in [0.25, 0.3) is 0 Å². The van der Waals surface area contributed by atoms with Gasteiger partial charge < -0.3 is 4.90 Å². The number of hydrogen-bond donors (Lipinski definition) is 0. The highest BCUT2D eigenvalue weighted by Crippen LogP contribution is 2.21. The van der Waals surface area contributed by atoms with Crippen molar-refractivity contribution >= 4 is 15.5 Å². The van der Waals surface area contributed by atoms with Crippen molar-refractivity contribution in [3.63, 3.8) is 0 Å². The van der Waals surface area contributed by atoms with Crippen LogP contribution >= 0.6 is 0 Å². The molecule has 1 fully saturated rings. The van der Waals surface area contributed by atoms with E-state index in [2.05, 4.69) is 20.4 Å². The van der Waals surface area contributed by atoms with Gasteiger partial charge in [0.15, 0.2) is 21.5 Å². The summed E-state index contributed by atoms with van der Waals surface area (Å²) in [5.41, 5.74) is 1.60. The summed E-state index contributed by atoms with van der Waals surface area (Å²) < 4.78 is 40.8. The lowest BCUT2D eigenvalue weighted by Crippen LogP contribution is -2.46. The second-order valence-electron chi connectivity index (χ2n) is 7.37. The Hall–Kier alpha value is -2.85. The summed E-state index contributed by atoms with van der Waals surface area (Å²) in [7, 11) is -3.56. The zero-order chi connectivity index (χ0) is 21.1. The molecule has 4 rings (SSSR count). The van der Waals surface area contributed by atoms with E-state index in [0.29, 0.717) is 44.2 Å². The van der Waals surface area contributed by atoms with E-state index < -0.39 is 9.84 Å². The number of aromatic nitrogens is 4. The van der Waals surface area contributed by atoms with Gasteiger partial charge in [-0.05, 0) is 41.6 Å². The number of tetrazole rings is 1. The second kappa shape index (κ2) is 8.49. The minimum atomic E-state index is -3.56. The molecule has 0 bridgehead atoms. The summed E-state index contributed by atoms with van der Waals surface area (Å²) >= 11 is 0. The maximum atomic E-state index is 14.0. The largest absolute Gasteiger partial charge is 0.367 e. The van der Waals surface area contributed by atoms with Crippen LogP contribution in [-0.2, 0) is 22.3 Å². The van der Waals surface area contributed by atoms with Crippen LogP contribution in [0.15, 0.2) is 53.4 Å². The molecule has 2 heterocycles. The third kappa shape index (κ3) is 4.49. The summed E-state index contributed by atoms with van der Waals surface area (Å²) in [6, 6.07) is 13.5. The van der Waals surface area contributed by atoms with Gasteiger partial charge in [0.2, 0.25) is 0 Å². The van der Waals surface area contributed by atoms with Crippen LogP contribution in [0, 0.1) is 12.7 Å². The first-order valence-corrected chi connectivity index (χ1v) is 11.3. The van der Waals surface area contributed by atoms with Gasteiger partial charge in [-0.1, -0.05) is 29.8 Å². The summed E-state index contributed by atoms with van der Waals surface area (Å²) in [5, 5.41) is 11.6. The lowest BCUT2D eigenvalue weighted by Gasteiger charge is -2.35. The average Bonchev–Trinajstić information content (AvgIpc) is 3.15. The Morgan fingerprint density at radius 1 is 1.00 bits per heavy atom. The highest BCUT2D eigenvalue weighted by molar-refractivity contribution is 7.90. The fraction of sp³-hybridized carbons (Fsp3) is 0.350. The van der Waals surface area contributed by atoms with E-state index in [1.54, 1.807) is 36.4 Å². The van der Waals surface area contributed by atoms with Crippen molar-refractivity contribution in [2.45, 2.75) is 24.2 Å². The molecular weight excluding hydrogens is 407 g/mol. The van der Waals surface area contributed by atoms with E-state index in [4.69, 9.17) is 0 Å². The van der Waals surface area contributed by atoms with Crippen molar-refractivity contribution < 1.29 is 12.8 Å². The van der Waals surface area contributed by atoms with Gasteiger partial charge in [0.25, 0.3) is 0 Å². The van der Waals surface area contributed by atoms with Crippen molar-refractivity contribution in [1.29, 1.82) is 0 Å². The lowest BCUT2D eigenvalue weighted by atomic mass is 10.2. The smallest absolute Gasteiger partial charge is 0.198 e. The Labute approximate surface area is 174 Å². The monoisotopic (exact) mass is 430 g/mol. The van der Waals surface area contributed by atoms with E-state index in [-0.39, 0.29) is 16.6 Å². The Kier molecular flexibility index (Phi) is 5.78. The number of nitrogens with zero attached hydrogens (tertiary/aromatic N) is 6. The molecule has 2 aromatic carbocycles. The summed E-state index contributed by atoms with van der Waals surface area (Å²) in [5.74, 6) is -0.0469. The van der Waals surface area contributed by atoms with Crippen molar-refractivity contribution in [3.05, 3.63) is 65.7 Å². The van der Waals surface area contributed by atoms with E-state index in [1.807, 2.05) is 17.9 Å². The van der Waals surface area contributed by atoms with Gasteiger partial charge in [0.1, 0.15) is 5.82 Å². The Morgan fingerprint density at radius 2 is 1.70 bits per heavy atom. The van der Waals surface area contributed by atoms with Crippen LogP contribution in [0.5, 0.6) is 0 Å². The number of rotatable bonds is 6. The number of hydrogen-bond acceptors (Lipinski definition) is 7. The van der Waals surface area contributed by atoms with Crippen LogP contribution < -0.4 is 4.90 Å². The molecular formula is C20H23FN6O2S. The molecule has 10 heteroatoms. The number of piperazine rings is 1. The quantitative estimate of drug-likeness (QED) is 0.590. The standard InChI is InChI=1S/C20H23FN6O2S/c1-16-6-8-17(9-7-16)30(28,29)15-27-20(22-23-24-27)14-25-10-12-26(13-11-25)19-5-3-2-4-18(19)21/h2-9H,10-15H2,1H3. The highest BCUT2D eigenvalue weighted by atomic mass is 32.2. The van der Waals surface area contributed by atoms with Crippen molar-refractivity contribution in [2.24, 2.45) is 0 Å². The predicted molar refractivity (Wildman–Crippen MR) is 110 cm³/mol. The van der Waals surface area contributed by atoms with Crippen LogP contribution in [0.2, 0.25) is 0 Å². The molecule has 0 spiro atoms. The summed E-state index contributed by atoms with van der Waals surface area (Å²) in [6.45, 7) is 5.08. The third-order valence-electron chi connectivity index (χ3n) is 5.21. The van der Waals surface area contributed by atoms with E-state index in [9.17, 15) is 12.8 Å². The van der Waals surface area contributed by atoms with Crippen molar-refractivity contribution in [1.82, 2.24) is 25.1 Å². The van der Waals surface area contributed by atoms with E-state index in [1.165, 1.54) is 10.7 Å². The molecule has 0 unspecified atom stereocenters. The van der Waals surface area contributed by atoms with E-state index >= 15 is 0 Å². The average molecular weight is 431 g/mol. The number of anilines is 1. The SMILES string of the molecule is Cc1ccc(S(=O)(=O)Cn2nnnc2CN2CCN(c3ccccc3F)CC2)cc1. The van der Waals surface area contributed by atoms with Crippen LogP contribution in [0.3, 0.4) is 0 Å². The number of aryl methyl sites for hydroxylation is 1. The van der Waals surface area contributed by atoms with Crippen LogP contribution in [0.4, 0.5) is 10.1 Å². The van der Waals surface area contributed by atoms with Crippen molar-refractivity contribution in [3.8, 4) is 0 Å². The number of benzene rings is 2. The van der Waals surface area contributed by atoms with Gasteiger partial charge in [-0.15, -0.1) is 5.10 Å². The molecule has 30 heavy (non-hydrogen) atoms. The van der Waals surface area contributed by atoms with Gasteiger partial charge in [-0.25, -0.2) is 17.5 Å². The maximum absolute atomic E-state index is 14.0. The molecule has 0 saturated carbocycles. The molecule has 8 nitrogen and oxygen atoms in total. The number of halogens is 1. The topological polar surface area (TPSA) is 84.2 Å². The van der Waals surface area contributed by atoms with Gasteiger partial charge in [0.05, 0.1) is 17.1 Å². The summed E-state index contributed by atoms with van der Waals surface area (Å²) in [6.07, 6.45) is 0. The fourth-order valence-corrected chi connectivity index (χ4v) is 4.70. The van der Waals surface area contributed by atoms with Crippen molar-refractivity contribution in [2.75, 3.05) is 31.1 Å². The zero-order valence-electron chi connectivity index (χ0n) is 16.6. The summed E-state index contributed by atoms with van der Waals surface area (Å²) in [4.78, 5) is 4.39. The molecule has 1 saturated heterocycles. The molecule has 158 valence electrons. The van der Waals surface area contributed by atoms with Crippen LogP contribution in [0.1, 0.15) is 11.4 Å². The molecule has 0 amide bonds. The van der Waals surface area contributed by atoms with Gasteiger partial charge in [-0.3, -0.25) is 4.90 Å². The molecule has 1 aromatic heterocycles. The minimum absolute atomic E-state index is 0.226. The maximum Gasteiger partial charge on any atom is 0.198 e. The minimum Gasteiger partial charge on any atom is -0.367 e. The number of para-hydroxylation sites is 1. The normalized spacial score (nSPS) is 15.5. The third-order valence-corrected chi connectivity index (χ3v) is 6.78. The van der Waals surface area contributed by atoms with Crippen LogP contribution in [-0.4, -0.2) is 59.7 Å². The van der Waals surface area contributed by atoms with E-state index in [0.717, 1.165) is 5.56 Å². The molecule has 0 atom stereocenters. The molecule has 0 aliphatic carbocycles. The van der Waals surface area contributed by atoms with Gasteiger partial charge >= 0.3 is 0 Å². The first kappa shape index (κ1) is 20.4. The second-order valence-corrected chi connectivity index (χ2v) is 9.33. The molecule has 0 N–H and O–H groups in total. The Balaban J connectivity index is 1.40. The first-order chi connectivity index (χ1) is 14.4. The van der Waals surface area contributed by atoms with Gasteiger partial charge in [0, 0.05) is 26.2 Å². The zero-order valence-corrected chi connectivity index (χ0v) is 17.5. The van der Waals surface area contributed by atoms with Gasteiger partial charge in [-0.2, -0.15) is 0 Å².